The zero-order chi connectivity index (χ0) is 18.5. The molecule has 0 unspecified atom stereocenters. The van der Waals surface area contributed by atoms with Crippen LogP contribution in [0.25, 0.3) is 10.9 Å². The van der Waals surface area contributed by atoms with E-state index in [0.717, 1.165) is 5.56 Å². The molecule has 1 N–H and O–H groups in total. The first kappa shape index (κ1) is 18.5. The van der Waals surface area contributed by atoms with E-state index in [4.69, 9.17) is 11.6 Å². The van der Waals surface area contributed by atoms with Gasteiger partial charge in [0.25, 0.3) is 5.56 Å². The quantitative estimate of drug-likeness (QED) is 0.519. The monoisotopic (exact) mass is 387 g/mol. The maximum atomic E-state index is 12.6. The Kier molecular flexibility index (Phi) is 5.96. The average molecular weight is 388 g/mol. The lowest BCUT2D eigenvalue weighted by Gasteiger charge is -2.11. The number of carbonyl (C=O) groups excluding carboxylic acids is 1. The van der Waals surface area contributed by atoms with Crippen LogP contribution in [0.15, 0.2) is 58.5 Å². The SMILES string of the molecule is CCn1c(SCC(=O)NCc2ccccc2Cl)nc2ccccc2c1=O. The van der Waals surface area contributed by atoms with Crippen LogP contribution < -0.4 is 10.9 Å². The standard InChI is InChI=1S/C19H18ClN3O2S/c1-2-23-18(25)14-8-4-6-10-16(14)22-19(23)26-12-17(24)21-11-13-7-3-5-9-15(13)20/h3-10H,2,11-12H2,1H3,(H,21,24). The molecule has 0 saturated heterocycles. The Labute approximate surface area is 160 Å². The highest BCUT2D eigenvalue weighted by molar-refractivity contribution is 7.99. The summed E-state index contributed by atoms with van der Waals surface area (Å²) in [7, 11) is 0. The molecule has 0 bridgehead atoms. The minimum Gasteiger partial charge on any atom is -0.351 e. The van der Waals surface area contributed by atoms with Gasteiger partial charge in [0.1, 0.15) is 0 Å². The van der Waals surface area contributed by atoms with Gasteiger partial charge in [0, 0.05) is 18.1 Å². The van der Waals surface area contributed by atoms with Crippen LogP contribution in [0, 0.1) is 0 Å². The first-order valence-electron chi connectivity index (χ1n) is 8.22. The van der Waals surface area contributed by atoms with Crippen LogP contribution in [0.2, 0.25) is 5.02 Å². The summed E-state index contributed by atoms with van der Waals surface area (Å²) >= 11 is 7.34. The van der Waals surface area contributed by atoms with Crippen LogP contribution in [0.5, 0.6) is 0 Å². The number of rotatable bonds is 6. The average Bonchev–Trinajstić information content (AvgIpc) is 2.66. The number of thioether (sulfide) groups is 1. The number of halogens is 1. The number of benzene rings is 2. The summed E-state index contributed by atoms with van der Waals surface area (Å²) in [5.41, 5.74) is 1.42. The fourth-order valence-corrected chi connectivity index (χ4v) is 3.65. The van der Waals surface area contributed by atoms with Crippen molar-refractivity contribution >= 4 is 40.2 Å². The first-order valence-corrected chi connectivity index (χ1v) is 9.59. The number of aromatic nitrogens is 2. The summed E-state index contributed by atoms with van der Waals surface area (Å²) in [4.78, 5) is 29.3. The summed E-state index contributed by atoms with van der Waals surface area (Å²) in [6.45, 7) is 2.75. The lowest BCUT2D eigenvalue weighted by Crippen LogP contribution is -2.26. The van der Waals surface area contributed by atoms with Crippen LogP contribution in [0.1, 0.15) is 12.5 Å². The molecule has 0 fully saturated rings. The molecule has 0 radical (unpaired) electrons. The molecule has 26 heavy (non-hydrogen) atoms. The van der Waals surface area contributed by atoms with Crippen molar-refractivity contribution in [1.29, 1.82) is 0 Å². The fourth-order valence-electron chi connectivity index (χ4n) is 2.55. The number of hydrogen-bond donors (Lipinski definition) is 1. The summed E-state index contributed by atoms with van der Waals surface area (Å²) < 4.78 is 1.59. The zero-order valence-corrected chi connectivity index (χ0v) is 15.8. The topological polar surface area (TPSA) is 64.0 Å². The predicted octanol–water partition coefficient (Wildman–Crippen LogP) is 3.48. The van der Waals surface area contributed by atoms with Crippen LogP contribution in [0.3, 0.4) is 0 Å². The maximum Gasteiger partial charge on any atom is 0.262 e. The normalized spacial score (nSPS) is 10.8. The summed E-state index contributed by atoms with van der Waals surface area (Å²) in [5, 5.41) is 4.59. The van der Waals surface area contributed by atoms with Gasteiger partial charge < -0.3 is 5.32 Å². The van der Waals surface area contributed by atoms with E-state index in [9.17, 15) is 9.59 Å². The second kappa shape index (κ2) is 8.38. The van der Waals surface area contributed by atoms with Crippen molar-refractivity contribution in [2.24, 2.45) is 0 Å². The van der Waals surface area contributed by atoms with Crippen LogP contribution in [-0.2, 0) is 17.9 Å². The van der Waals surface area contributed by atoms with Crippen LogP contribution in [-0.4, -0.2) is 21.2 Å². The number of fused-ring (bicyclic) bond motifs is 1. The van der Waals surface area contributed by atoms with Gasteiger partial charge in [-0.05, 0) is 30.7 Å². The van der Waals surface area contributed by atoms with Crippen molar-refractivity contribution in [3.8, 4) is 0 Å². The highest BCUT2D eigenvalue weighted by atomic mass is 35.5. The third-order valence-electron chi connectivity index (χ3n) is 3.91. The molecule has 0 atom stereocenters. The fraction of sp³-hybridized carbons (Fsp3) is 0.211. The molecule has 0 aliphatic carbocycles. The molecule has 0 aliphatic heterocycles. The molecule has 3 rings (SSSR count). The third kappa shape index (κ3) is 4.08. The second-order valence-corrected chi connectivity index (χ2v) is 6.97. The van der Waals surface area contributed by atoms with E-state index in [-0.39, 0.29) is 17.2 Å². The van der Waals surface area contributed by atoms with Crippen molar-refractivity contribution in [2.45, 2.75) is 25.2 Å². The number of amides is 1. The Morgan fingerprint density at radius 2 is 1.92 bits per heavy atom. The molecule has 1 aromatic heterocycles. The van der Waals surface area contributed by atoms with Crippen molar-refractivity contribution in [3.63, 3.8) is 0 Å². The summed E-state index contributed by atoms with van der Waals surface area (Å²) in [6, 6.07) is 14.6. The Morgan fingerprint density at radius 1 is 1.19 bits per heavy atom. The van der Waals surface area contributed by atoms with Crippen LogP contribution >= 0.6 is 23.4 Å². The van der Waals surface area contributed by atoms with Crippen molar-refractivity contribution < 1.29 is 4.79 Å². The predicted molar refractivity (Wildman–Crippen MR) is 106 cm³/mol. The Morgan fingerprint density at radius 3 is 2.69 bits per heavy atom. The maximum absolute atomic E-state index is 12.6. The van der Waals surface area contributed by atoms with Gasteiger partial charge in [-0.3, -0.25) is 14.2 Å². The highest BCUT2D eigenvalue weighted by Gasteiger charge is 2.12. The van der Waals surface area contributed by atoms with Gasteiger partial charge in [0.2, 0.25) is 5.91 Å². The molecule has 3 aromatic rings. The molecule has 7 heteroatoms. The number of carbonyl (C=O) groups is 1. The van der Waals surface area contributed by atoms with E-state index in [0.29, 0.717) is 34.2 Å². The molecule has 134 valence electrons. The Bertz CT molecular complexity index is 1000. The molecular weight excluding hydrogens is 370 g/mol. The van der Waals surface area contributed by atoms with Gasteiger partial charge in [0.05, 0.1) is 16.7 Å². The molecular formula is C19H18ClN3O2S. The first-order chi connectivity index (χ1) is 12.6. The van der Waals surface area contributed by atoms with Gasteiger partial charge in [-0.1, -0.05) is 53.7 Å². The third-order valence-corrected chi connectivity index (χ3v) is 5.25. The lowest BCUT2D eigenvalue weighted by molar-refractivity contribution is -0.118. The Balaban J connectivity index is 1.70. The molecule has 0 aliphatic rings. The van der Waals surface area contributed by atoms with Gasteiger partial charge in [0.15, 0.2) is 5.16 Å². The second-order valence-electron chi connectivity index (χ2n) is 5.62. The summed E-state index contributed by atoms with van der Waals surface area (Å²) in [6.07, 6.45) is 0. The molecule has 5 nitrogen and oxygen atoms in total. The zero-order valence-electron chi connectivity index (χ0n) is 14.2. The summed E-state index contributed by atoms with van der Waals surface area (Å²) in [5.74, 6) is 0.0369. The van der Waals surface area contributed by atoms with E-state index in [2.05, 4.69) is 10.3 Å². The van der Waals surface area contributed by atoms with Crippen molar-refractivity contribution in [2.75, 3.05) is 5.75 Å². The Hall–Kier alpha value is -2.31. The molecule has 1 amide bonds. The number of para-hydroxylation sites is 1. The van der Waals surface area contributed by atoms with Crippen LogP contribution in [0.4, 0.5) is 0 Å². The van der Waals surface area contributed by atoms with E-state index >= 15 is 0 Å². The number of nitrogens with zero attached hydrogens (tertiary/aromatic N) is 2. The van der Waals surface area contributed by atoms with Gasteiger partial charge >= 0.3 is 0 Å². The smallest absolute Gasteiger partial charge is 0.262 e. The van der Waals surface area contributed by atoms with Crippen molar-refractivity contribution in [3.05, 3.63) is 69.5 Å². The van der Waals surface area contributed by atoms with E-state index in [1.54, 1.807) is 22.8 Å². The van der Waals surface area contributed by atoms with E-state index in [1.807, 2.05) is 37.3 Å². The minimum absolute atomic E-state index is 0.0860. The highest BCUT2D eigenvalue weighted by Crippen LogP contribution is 2.18. The largest absolute Gasteiger partial charge is 0.351 e. The molecule has 0 saturated carbocycles. The lowest BCUT2D eigenvalue weighted by atomic mass is 10.2. The molecule has 1 heterocycles. The number of nitrogens with one attached hydrogen (secondary N) is 1. The van der Waals surface area contributed by atoms with E-state index in [1.165, 1.54) is 11.8 Å². The number of hydrogen-bond acceptors (Lipinski definition) is 4. The molecule has 2 aromatic carbocycles. The van der Waals surface area contributed by atoms with Crippen molar-refractivity contribution in [1.82, 2.24) is 14.9 Å². The van der Waals surface area contributed by atoms with Gasteiger partial charge in [-0.15, -0.1) is 0 Å². The van der Waals surface area contributed by atoms with E-state index < -0.39 is 0 Å². The van der Waals surface area contributed by atoms with Gasteiger partial charge in [-0.25, -0.2) is 4.98 Å². The minimum atomic E-state index is -0.139. The van der Waals surface area contributed by atoms with Gasteiger partial charge in [-0.2, -0.15) is 0 Å². The molecule has 0 spiro atoms.